The Morgan fingerprint density at radius 2 is 2.42 bits per heavy atom. The van der Waals surface area contributed by atoms with Crippen LogP contribution < -0.4 is 0 Å². The number of hydrogen-bond acceptors (Lipinski definition) is 4. The van der Waals surface area contributed by atoms with Gasteiger partial charge in [-0.25, -0.2) is 4.98 Å². The molecule has 1 aromatic heterocycles. The van der Waals surface area contributed by atoms with E-state index in [9.17, 15) is 9.90 Å². The van der Waals surface area contributed by atoms with E-state index >= 15 is 0 Å². The van der Waals surface area contributed by atoms with Crippen LogP contribution in [0, 0.1) is 0 Å². The van der Waals surface area contributed by atoms with E-state index in [0.29, 0.717) is 18.7 Å². The molecule has 5 nitrogen and oxygen atoms in total. The molecule has 2 rings (SSSR count). The van der Waals surface area contributed by atoms with Crippen LogP contribution in [-0.4, -0.2) is 52.3 Å². The van der Waals surface area contributed by atoms with E-state index in [1.165, 1.54) is 6.20 Å². The molecule has 0 radical (unpaired) electrons. The minimum absolute atomic E-state index is 0.107. The zero-order chi connectivity index (χ0) is 14.0. The highest BCUT2D eigenvalue weighted by Crippen LogP contribution is 2.22. The van der Waals surface area contributed by atoms with Gasteiger partial charge in [-0.05, 0) is 26.0 Å². The Bertz CT molecular complexity index is 479. The highest BCUT2D eigenvalue weighted by Gasteiger charge is 2.35. The van der Waals surface area contributed by atoms with Gasteiger partial charge < -0.3 is 14.7 Å². The molecular formula is C13H17ClN2O3. The van der Waals surface area contributed by atoms with Crippen LogP contribution in [0.4, 0.5) is 0 Å². The van der Waals surface area contributed by atoms with Crippen molar-refractivity contribution in [2.24, 2.45) is 0 Å². The van der Waals surface area contributed by atoms with Crippen LogP contribution in [0.5, 0.6) is 0 Å². The Balaban J connectivity index is 2.18. The number of ether oxygens (including phenoxy) is 1. The van der Waals surface area contributed by atoms with Gasteiger partial charge in [0.25, 0.3) is 5.91 Å². The Morgan fingerprint density at radius 1 is 1.68 bits per heavy atom. The first-order chi connectivity index (χ1) is 8.91. The summed E-state index contributed by atoms with van der Waals surface area (Å²) >= 11 is 5.79. The van der Waals surface area contributed by atoms with Gasteiger partial charge in [0.15, 0.2) is 0 Å². The molecule has 6 heteroatoms. The van der Waals surface area contributed by atoms with Crippen molar-refractivity contribution in [1.82, 2.24) is 9.88 Å². The van der Waals surface area contributed by atoms with Gasteiger partial charge in [0.2, 0.25) is 0 Å². The first-order valence-electron chi connectivity index (χ1n) is 6.11. The first kappa shape index (κ1) is 14.2. The summed E-state index contributed by atoms with van der Waals surface area (Å²) in [5, 5.41) is 9.53. The van der Waals surface area contributed by atoms with Crippen LogP contribution in [0.2, 0.25) is 5.15 Å². The van der Waals surface area contributed by atoms with E-state index in [0.717, 1.165) is 0 Å². The second-order valence-electron chi connectivity index (χ2n) is 5.24. The van der Waals surface area contributed by atoms with Crippen molar-refractivity contribution in [1.29, 1.82) is 0 Å². The molecule has 0 saturated carbocycles. The number of aliphatic hydroxyl groups excluding tert-OH is 1. The minimum atomic E-state index is -0.474. The predicted molar refractivity (Wildman–Crippen MR) is 71.2 cm³/mol. The molecule has 1 saturated heterocycles. The number of halogens is 1. The van der Waals surface area contributed by atoms with Crippen LogP contribution in [0.15, 0.2) is 18.3 Å². The number of nitrogens with zero attached hydrogens (tertiary/aromatic N) is 2. The van der Waals surface area contributed by atoms with Gasteiger partial charge >= 0.3 is 0 Å². The van der Waals surface area contributed by atoms with Crippen molar-refractivity contribution in [3.8, 4) is 0 Å². The topological polar surface area (TPSA) is 62.7 Å². The molecule has 0 spiro atoms. The zero-order valence-electron chi connectivity index (χ0n) is 11.0. The molecule has 104 valence electrons. The third-order valence-corrected chi connectivity index (χ3v) is 3.15. The molecule has 19 heavy (non-hydrogen) atoms. The van der Waals surface area contributed by atoms with Crippen molar-refractivity contribution in [3.05, 3.63) is 29.0 Å². The summed E-state index contributed by atoms with van der Waals surface area (Å²) < 4.78 is 5.68. The monoisotopic (exact) mass is 284 g/mol. The number of carbonyl (C=O) groups excluding carboxylic acids is 1. The Labute approximate surface area is 117 Å². The molecule has 0 bridgehead atoms. The highest BCUT2D eigenvalue weighted by molar-refractivity contribution is 6.29. The van der Waals surface area contributed by atoms with Crippen LogP contribution in [0.25, 0.3) is 0 Å². The maximum atomic E-state index is 12.4. The third kappa shape index (κ3) is 3.43. The largest absolute Gasteiger partial charge is 0.394 e. The summed E-state index contributed by atoms with van der Waals surface area (Å²) in [6, 6.07) is 3.17. The van der Waals surface area contributed by atoms with Gasteiger partial charge in [-0.3, -0.25) is 4.79 Å². The second kappa shape index (κ2) is 5.45. The average Bonchev–Trinajstić information content (AvgIpc) is 2.36. The van der Waals surface area contributed by atoms with E-state index in [2.05, 4.69) is 4.98 Å². The zero-order valence-corrected chi connectivity index (χ0v) is 11.7. The van der Waals surface area contributed by atoms with Gasteiger partial charge in [0, 0.05) is 24.8 Å². The molecule has 1 N–H and O–H groups in total. The van der Waals surface area contributed by atoms with E-state index in [1.54, 1.807) is 17.0 Å². The van der Waals surface area contributed by atoms with Crippen LogP contribution >= 0.6 is 11.6 Å². The summed E-state index contributed by atoms with van der Waals surface area (Å²) in [4.78, 5) is 17.9. The van der Waals surface area contributed by atoms with E-state index in [1.807, 2.05) is 13.8 Å². The summed E-state index contributed by atoms with van der Waals surface area (Å²) in [5.74, 6) is -0.126. The molecule has 1 aliphatic rings. The fourth-order valence-electron chi connectivity index (χ4n) is 2.26. The van der Waals surface area contributed by atoms with E-state index < -0.39 is 5.60 Å². The van der Waals surface area contributed by atoms with Crippen molar-refractivity contribution in [2.45, 2.75) is 25.6 Å². The summed E-state index contributed by atoms with van der Waals surface area (Å²) in [7, 11) is 0. The summed E-state index contributed by atoms with van der Waals surface area (Å²) in [6.45, 7) is 4.54. The van der Waals surface area contributed by atoms with Crippen molar-refractivity contribution in [3.63, 3.8) is 0 Å². The van der Waals surface area contributed by atoms with Crippen LogP contribution in [0.1, 0.15) is 24.2 Å². The highest BCUT2D eigenvalue weighted by atomic mass is 35.5. The molecule has 1 amide bonds. The normalized spacial score (nSPS) is 22.3. The molecule has 2 heterocycles. The first-order valence-corrected chi connectivity index (χ1v) is 6.48. The number of amides is 1. The van der Waals surface area contributed by atoms with E-state index in [4.69, 9.17) is 16.3 Å². The summed E-state index contributed by atoms with van der Waals surface area (Å²) in [6.07, 6.45) is 1.15. The number of aromatic nitrogens is 1. The lowest BCUT2D eigenvalue weighted by Crippen LogP contribution is -2.55. The Kier molecular flexibility index (Phi) is 4.08. The van der Waals surface area contributed by atoms with Crippen molar-refractivity contribution >= 4 is 17.5 Å². The van der Waals surface area contributed by atoms with Crippen LogP contribution in [0.3, 0.4) is 0 Å². The maximum absolute atomic E-state index is 12.4. The molecule has 1 atom stereocenters. The summed E-state index contributed by atoms with van der Waals surface area (Å²) in [5.41, 5.74) is 0.0207. The predicted octanol–water partition coefficient (Wildman–Crippen LogP) is 1.35. The Hall–Kier alpha value is -1.17. The lowest BCUT2D eigenvalue weighted by atomic mass is 10.0. The van der Waals surface area contributed by atoms with Gasteiger partial charge in [-0.1, -0.05) is 11.6 Å². The lowest BCUT2D eigenvalue weighted by Gasteiger charge is -2.42. The number of pyridine rings is 1. The van der Waals surface area contributed by atoms with E-state index in [-0.39, 0.29) is 23.8 Å². The fourth-order valence-corrected chi connectivity index (χ4v) is 2.44. The molecule has 0 aromatic carbocycles. The molecular weight excluding hydrogens is 268 g/mol. The maximum Gasteiger partial charge on any atom is 0.254 e. The van der Waals surface area contributed by atoms with Crippen molar-refractivity contribution in [2.75, 3.05) is 19.7 Å². The van der Waals surface area contributed by atoms with Gasteiger partial charge in [-0.2, -0.15) is 0 Å². The molecule has 0 aliphatic carbocycles. The number of rotatable bonds is 2. The van der Waals surface area contributed by atoms with Crippen LogP contribution in [-0.2, 0) is 4.74 Å². The SMILES string of the molecule is CC1(C)CN(C(=O)c2ccnc(Cl)c2)CC(CO)O1. The average molecular weight is 285 g/mol. The molecule has 1 fully saturated rings. The fraction of sp³-hybridized carbons (Fsp3) is 0.538. The van der Waals surface area contributed by atoms with Gasteiger partial charge in [0.05, 0.1) is 18.3 Å². The van der Waals surface area contributed by atoms with Gasteiger partial charge in [0.1, 0.15) is 5.15 Å². The lowest BCUT2D eigenvalue weighted by molar-refractivity contribution is -0.139. The second-order valence-corrected chi connectivity index (χ2v) is 5.62. The molecule has 1 aliphatic heterocycles. The van der Waals surface area contributed by atoms with Crippen molar-refractivity contribution < 1.29 is 14.6 Å². The number of hydrogen-bond donors (Lipinski definition) is 1. The number of morpholine rings is 1. The minimum Gasteiger partial charge on any atom is -0.394 e. The smallest absolute Gasteiger partial charge is 0.254 e. The quantitative estimate of drug-likeness (QED) is 0.833. The molecule has 1 unspecified atom stereocenters. The van der Waals surface area contributed by atoms with Gasteiger partial charge in [-0.15, -0.1) is 0 Å². The number of carbonyl (C=O) groups is 1. The molecule has 1 aromatic rings. The third-order valence-electron chi connectivity index (χ3n) is 2.95. The Morgan fingerprint density at radius 3 is 3.05 bits per heavy atom. The number of aliphatic hydroxyl groups is 1. The standard InChI is InChI=1S/C13H17ClN2O3/c1-13(2)8-16(6-10(7-17)19-13)12(18)9-3-4-15-11(14)5-9/h3-5,10,17H,6-8H2,1-2H3.